The lowest BCUT2D eigenvalue weighted by molar-refractivity contribution is 0.1000. The van der Waals surface area contributed by atoms with Crippen LogP contribution in [0.5, 0.6) is 0 Å². The number of hydrogen-bond acceptors (Lipinski definition) is 4. The Morgan fingerprint density at radius 3 is 2.85 bits per heavy atom. The number of carbonyl (C=O) groups excluding carboxylic acids is 1. The summed E-state index contributed by atoms with van der Waals surface area (Å²) in [6.45, 7) is 0.597. The van der Waals surface area contributed by atoms with Gasteiger partial charge in [-0.1, -0.05) is 6.07 Å². The van der Waals surface area contributed by atoms with Crippen LogP contribution in [0.25, 0.3) is 0 Å². The van der Waals surface area contributed by atoms with E-state index in [1.165, 1.54) is 23.5 Å². The zero-order valence-corrected chi connectivity index (χ0v) is 11.5. The number of primary amides is 1. The normalized spacial score (nSPS) is 12.3. The predicted octanol–water partition coefficient (Wildman–Crippen LogP) is 1.81. The molecule has 20 heavy (non-hydrogen) atoms. The van der Waals surface area contributed by atoms with Crippen LogP contribution in [0.4, 0.5) is 4.39 Å². The Morgan fingerprint density at radius 1 is 1.45 bits per heavy atom. The van der Waals surface area contributed by atoms with Crippen LogP contribution in [0.3, 0.4) is 0 Å². The maximum absolute atomic E-state index is 13.7. The van der Waals surface area contributed by atoms with E-state index in [0.29, 0.717) is 12.1 Å². The van der Waals surface area contributed by atoms with E-state index >= 15 is 0 Å². The molecule has 0 radical (unpaired) electrons. The topological polar surface area (TPSA) is 75.4 Å². The minimum atomic E-state index is -0.656. The first-order chi connectivity index (χ1) is 9.58. The van der Waals surface area contributed by atoms with Crippen LogP contribution < -0.4 is 11.1 Å². The molecule has 0 aliphatic carbocycles. The summed E-state index contributed by atoms with van der Waals surface area (Å²) in [5.41, 5.74) is 6.48. The SMILES string of the molecule is NC(=O)c1ccc(CNCC(O)c2ccsc2)c(F)c1. The molecule has 1 unspecified atom stereocenters. The molecule has 0 bridgehead atoms. The van der Waals surface area contributed by atoms with Gasteiger partial charge < -0.3 is 16.2 Å². The molecule has 1 heterocycles. The van der Waals surface area contributed by atoms with Crippen molar-refractivity contribution in [3.63, 3.8) is 0 Å². The maximum atomic E-state index is 13.7. The van der Waals surface area contributed by atoms with E-state index in [-0.39, 0.29) is 12.1 Å². The average Bonchev–Trinajstić information content (AvgIpc) is 2.94. The summed E-state index contributed by atoms with van der Waals surface area (Å²) in [5, 5.41) is 16.6. The average molecular weight is 294 g/mol. The number of aliphatic hydroxyl groups is 1. The summed E-state index contributed by atoms with van der Waals surface area (Å²) >= 11 is 1.51. The quantitative estimate of drug-likeness (QED) is 0.760. The van der Waals surface area contributed by atoms with Gasteiger partial charge in [0.15, 0.2) is 0 Å². The number of nitrogens with two attached hydrogens (primary N) is 1. The monoisotopic (exact) mass is 294 g/mol. The Hall–Kier alpha value is -1.76. The number of benzene rings is 1. The van der Waals surface area contributed by atoms with E-state index in [0.717, 1.165) is 11.6 Å². The second kappa shape index (κ2) is 6.60. The highest BCUT2D eigenvalue weighted by Gasteiger charge is 2.09. The van der Waals surface area contributed by atoms with Gasteiger partial charge in [-0.3, -0.25) is 4.79 Å². The molecule has 1 aromatic carbocycles. The van der Waals surface area contributed by atoms with Crippen LogP contribution >= 0.6 is 11.3 Å². The minimum Gasteiger partial charge on any atom is -0.387 e. The zero-order chi connectivity index (χ0) is 14.5. The van der Waals surface area contributed by atoms with Crippen molar-refractivity contribution in [2.75, 3.05) is 6.54 Å². The number of hydrogen-bond donors (Lipinski definition) is 3. The van der Waals surface area contributed by atoms with Gasteiger partial charge >= 0.3 is 0 Å². The van der Waals surface area contributed by atoms with Crippen molar-refractivity contribution in [1.82, 2.24) is 5.32 Å². The Bertz CT molecular complexity index is 587. The fourth-order valence-corrected chi connectivity index (χ4v) is 2.48. The standard InChI is InChI=1S/C14H15FN2O2S/c15-12-5-9(14(16)19)1-2-10(12)6-17-7-13(18)11-3-4-20-8-11/h1-5,8,13,17-18H,6-7H2,(H2,16,19). The van der Waals surface area contributed by atoms with Crippen molar-refractivity contribution in [3.8, 4) is 0 Å². The third kappa shape index (κ3) is 3.63. The molecule has 0 aliphatic heterocycles. The number of halogens is 1. The van der Waals surface area contributed by atoms with E-state index in [4.69, 9.17) is 5.73 Å². The lowest BCUT2D eigenvalue weighted by Gasteiger charge is -2.11. The van der Waals surface area contributed by atoms with Gasteiger partial charge in [0.05, 0.1) is 6.10 Å². The van der Waals surface area contributed by atoms with Gasteiger partial charge in [0.1, 0.15) is 5.82 Å². The van der Waals surface area contributed by atoms with Gasteiger partial charge in [-0.2, -0.15) is 11.3 Å². The fraction of sp³-hybridized carbons (Fsp3) is 0.214. The molecule has 4 nitrogen and oxygen atoms in total. The first-order valence-corrected chi connectivity index (χ1v) is 7.01. The molecular formula is C14H15FN2O2S. The molecule has 0 aliphatic rings. The van der Waals surface area contributed by atoms with E-state index in [1.807, 2.05) is 16.8 Å². The summed E-state index contributed by atoms with van der Waals surface area (Å²) in [5.74, 6) is -1.14. The van der Waals surface area contributed by atoms with Crippen molar-refractivity contribution < 1.29 is 14.3 Å². The molecule has 106 valence electrons. The van der Waals surface area contributed by atoms with Crippen LogP contribution in [0.1, 0.15) is 27.6 Å². The Kier molecular flexibility index (Phi) is 4.84. The smallest absolute Gasteiger partial charge is 0.248 e. The molecule has 2 aromatic rings. The van der Waals surface area contributed by atoms with Gasteiger partial charge in [-0.25, -0.2) is 4.39 Å². The van der Waals surface area contributed by atoms with Gasteiger partial charge in [-0.05, 0) is 34.5 Å². The molecule has 0 fully saturated rings. The van der Waals surface area contributed by atoms with Gasteiger partial charge in [0, 0.05) is 24.2 Å². The highest BCUT2D eigenvalue weighted by atomic mass is 32.1. The van der Waals surface area contributed by atoms with Crippen LogP contribution in [0.2, 0.25) is 0 Å². The van der Waals surface area contributed by atoms with E-state index in [9.17, 15) is 14.3 Å². The minimum absolute atomic E-state index is 0.143. The molecule has 4 N–H and O–H groups in total. The summed E-state index contributed by atoms with van der Waals surface area (Å²) in [7, 11) is 0. The molecular weight excluding hydrogens is 279 g/mol. The van der Waals surface area contributed by atoms with Gasteiger partial charge in [-0.15, -0.1) is 0 Å². The number of carbonyl (C=O) groups is 1. The molecule has 0 spiro atoms. The molecule has 1 atom stereocenters. The Balaban J connectivity index is 1.90. The van der Waals surface area contributed by atoms with Crippen molar-refractivity contribution in [2.24, 2.45) is 5.73 Å². The number of amides is 1. The van der Waals surface area contributed by atoms with Crippen LogP contribution in [-0.2, 0) is 6.54 Å². The third-order valence-corrected chi connectivity index (χ3v) is 3.62. The van der Waals surface area contributed by atoms with Crippen LogP contribution in [0.15, 0.2) is 35.0 Å². The third-order valence-electron chi connectivity index (χ3n) is 2.92. The Morgan fingerprint density at radius 2 is 2.25 bits per heavy atom. The fourth-order valence-electron chi connectivity index (χ4n) is 1.77. The lowest BCUT2D eigenvalue weighted by Crippen LogP contribution is -2.21. The van der Waals surface area contributed by atoms with E-state index < -0.39 is 17.8 Å². The summed E-state index contributed by atoms with van der Waals surface area (Å²) in [6.07, 6.45) is -0.616. The number of aliphatic hydroxyl groups excluding tert-OH is 1. The Labute approximate surface area is 120 Å². The molecule has 2 rings (SSSR count). The highest BCUT2D eigenvalue weighted by molar-refractivity contribution is 7.07. The largest absolute Gasteiger partial charge is 0.387 e. The first kappa shape index (κ1) is 14.6. The summed E-state index contributed by atoms with van der Waals surface area (Å²) in [4.78, 5) is 10.9. The molecule has 1 aromatic heterocycles. The van der Waals surface area contributed by atoms with Crippen molar-refractivity contribution >= 4 is 17.2 Å². The van der Waals surface area contributed by atoms with Crippen LogP contribution in [-0.4, -0.2) is 17.6 Å². The number of rotatable bonds is 6. The molecule has 1 amide bonds. The van der Waals surface area contributed by atoms with Crippen LogP contribution in [0, 0.1) is 5.82 Å². The van der Waals surface area contributed by atoms with Crippen molar-refractivity contribution in [3.05, 3.63) is 57.5 Å². The maximum Gasteiger partial charge on any atom is 0.248 e. The van der Waals surface area contributed by atoms with E-state index in [2.05, 4.69) is 5.32 Å². The number of nitrogens with one attached hydrogen (secondary N) is 1. The second-order valence-corrected chi connectivity index (χ2v) is 5.15. The molecule has 6 heteroatoms. The summed E-state index contributed by atoms with van der Waals surface area (Å²) in [6, 6.07) is 5.96. The van der Waals surface area contributed by atoms with Crippen molar-refractivity contribution in [1.29, 1.82) is 0 Å². The van der Waals surface area contributed by atoms with Gasteiger partial charge in [0.2, 0.25) is 5.91 Å². The lowest BCUT2D eigenvalue weighted by atomic mass is 10.1. The second-order valence-electron chi connectivity index (χ2n) is 4.37. The van der Waals surface area contributed by atoms with E-state index in [1.54, 1.807) is 0 Å². The van der Waals surface area contributed by atoms with Gasteiger partial charge in [0.25, 0.3) is 0 Å². The molecule has 0 saturated heterocycles. The summed E-state index contributed by atoms with van der Waals surface area (Å²) < 4.78 is 13.7. The predicted molar refractivity (Wildman–Crippen MR) is 75.9 cm³/mol. The highest BCUT2D eigenvalue weighted by Crippen LogP contribution is 2.15. The first-order valence-electron chi connectivity index (χ1n) is 6.07. The van der Waals surface area contributed by atoms with Crippen molar-refractivity contribution in [2.45, 2.75) is 12.6 Å². The molecule has 0 saturated carbocycles. The zero-order valence-electron chi connectivity index (χ0n) is 10.7. The number of thiophene rings is 1.